The molecule has 1 aromatic rings. The molecule has 4 amide bonds. The molecule has 1 spiro atoms. The van der Waals surface area contributed by atoms with Gasteiger partial charge in [0.1, 0.15) is 5.54 Å². The number of primary amides is 1. The van der Waals surface area contributed by atoms with Gasteiger partial charge in [-0.15, -0.1) is 0 Å². The number of likely N-dealkylation sites (tertiary alicyclic amines) is 1. The molecule has 9 nitrogen and oxygen atoms in total. The molecule has 0 saturated carbocycles. The monoisotopic (exact) mass is 446 g/mol. The van der Waals surface area contributed by atoms with Crippen molar-refractivity contribution in [3.05, 3.63) is 28.8 Å². The number of anilines is 1. The van der Waals surface area contributed by atoms with Crippen LogP contribution in [0.3, 0.4) is 0 Å². The number of nitrogens with two attached hydrogens (primary N) is 1. The number of amides is 4. The van der Waals surface area contributed by atoms with E-state index in [0.717, 1.165) is 12.8 Å². The van der Waals surface area contributed by atoms with Crippen LogP contribution >= 0.6 is 11.6 Å². The molecule has 4 aliphatic heterocycles. The molecule has 4 heterocycles. The van der Waals surface area contributed by atoms with Crippen LogP contribution in [0.25, 0.3) is 0 Å². The number of hydrogen-bond donors (Lipinski definition) is 3. The fourth-order valence-electron chi connectivity index (χ4n) is 5.57. The van der Waals surface area contributed by atoms with Gasteiger partial charge in [0.2, 0.25) is 23.6 Å². The van der Waals surface area contributed by atoms with Crippen molar-refractivity contribution >= 4 is 40.9 Å². The molecule has 3 fully saturated rings. The average molecular weight is 447 g/mol. The van der Waals surface area contributed by atoms with Gasteiger partial charge in [0.05, 0.1) is 35.2 Å². The molecule has 4 N–H and O–H groups in total. The van der Waals surface area contributed by atoms with E-state index in [2.05, 4.69) is 10.6 Å². The van der Waals surface area contributed by atoms with Crippen molar-refractivity contribution in [2.45, 2.75) is 43.4 Å². The van der Waals surface area contributed by atoms with Gasteiger partial charge in [-0.25, -0.2) is 0 Å². The van der Waals surface area contributed by atoms with Crippen LogP contribution in [-0.2, 0) is 29.5 Å². The van der Waals surface area contributed by atoms with E-state index in [1.165, 1.54) is 4.90 Å². The fraction of sp³-hybridized carbons (Fsp3) is 0.524. The van der Waals surface area contributed by atoms with Crippen LogP contribution in [-0.4, -0.2) is 53.8 Å². The Kier molecular flexibility index (Phi) is 4.80. The lowest BCUT2D eigenvalue weighted by Crippen LogP contribution is -2.53. The minimum atomic E-state index is -1.43. The first-order chi connectivity index (χ1) is 14.8. The molecule has 5 atom stereocenters. The number of benzene rings is 1. The Hall–Kier alpha value is -2.49. The molecule has 31 heavy (non-hydrogen) atoms. The lowest BCUT2D eigenvalue weighted by molar-refractivity contribution is -0.144. The number of para-hydroxylation sites is 1. The van der Waals surface area contributed by atoms with Crippen molar-refractivity contribution < 1.29 is 23.9 Å². The Morgan fingerprint density at radius 2 is 2.10 bits per heavy atom. The van der Waals surface area contributed by atoms with E-state index in [1.807, 2.05) is 0 Å². The summed E-state index contributed by atoms with van der Waals surface area (Å²) in [5, 5.41) is 6.40. The second kappa shape index (κ2) is 7.29. The Balaban J connectivity index is 1.57. The van der Waals surface area contributed by atoms with Crippen molar-refractivity contribution in [1.29, 1.82) is 0 Å². The number of hydrogen-bond acceptors (Lipinski definition) is 6. The highest BCUT2D eigenvalue weighted by molar-refractivity contribution is 6.35. The van der Waals surface area contributed by atoms with E-state index in [1.54, 1.807) is 18.2 Å². The van der Waals surface area contributed by atoms with Gasteiger partial charge >= 0.3 is 0 Å². The first-order valence-corrected chi connectivity index (χ1v) is 10.9. The molecule has 10 heteroatoms. The van der Waals surface area contributed by atoms with Gasteiger partial charge in [-0.2, -0.15) is 0 Å². The molecule has 5 rings (SSSR count). The van der Waals surface area contributed by atoms with Gasteiger partial charge in [0.25, 0.3) is 0 Å². The molecular weight excluding hydrogens is 424 g/mol. The first kappa shape index (κ1) is 20.4. The summed E-state index contributed by atoms with van der Waals surface area (Å²) < 4.78 is 5.63. The second-order valence-corrected chi connectivity index (χ2v) is 9.01. The molecule has 0 unspecified atom stereocenters. The van der Waals surface area contributed by atoms with Gasteiger partial charge in [-0.1, -0.05) is 23.7 Å². The van der Waals surface area contributed by atoms with Crippen LogP contribution in [0.4, 0.5) is 5.69 Å². The smallest absolute Gasteiger partial charge is 0.250 e. The Morgan fingerprint density at radius 3 is 2.81 bits per heavy atom. The van der Waals surface area contributed by atoms with E-state index in [-0.39, 0.29) is 31.4 Å². The maximum absolute atomic E-state index is 13.6. The Morgan fingerprint density at radius 1 is 1.29 bits per heavy atom. The summed E-state index contributed by atoms with van der Waals surface area (Å²) in [6.07, 6.45) is 1.75. The van der Waals surface area contributed by atoms with Gasteiger partial charge in [0, 0.05) is 24.6 Å². The minimum absolute atomic E-state index is 0.0359. The Bertz CT molecular complexity index is 994. The van der Waals surface area contributed by atoms with E-state index in [4.69, 9.17) is 22.1 Å². The minimum Gasteiger partial charge on any atom is -0.376 e. The fourth-order valence-corrected chi connectivity index (χ4v) is 5.79. The number of carbonyl (C=O) groups is 4. The lowest BCUT2D eigenvalue weighted by atomic mass is 9.76. The molecule has 1 aromatic carbocycles. The molecule has 4 aliphatic rings. The zero-order valence-electron chi connectivity index (χ0n) is 16.7. The highest BCUT2D eigenvalue weighted by atomic mass is 35.5. The lowest BCUT2D eigenvalue weighted by Gasteiger charge is -2.30. The Labute approximate surface area is 183 Å². The largest absolute Gasteiger partial charge is 0.376 e. The summed E-state index contributed by atoms with van der Waals surface area (Å²) >= 11 is 6.30. The molecular formula is C21H23ClN4O5. The second-order valence-electron chi connectivity index (χ2n) is 8.61. The van der Waals surface area contributed by atoms with Crippen LogP contribution in [0.2, 0.25) is 5.02 Å². The SMILES string of the molecule is NC(=O)CC[C@@H]1N[C@@]2(C(=O)Nc3c(Cl)cccc32)[C@@H]2C(=O)N(C[C@@H]3CCCO3)C(=O)[C@H]12. The van der Waals surface area contributed by atoms with Crippen molar-refractivity contribution in [1.82, 2.24) is 10.2 Å². The predicted molar refractivity (Wildman–Crippen MR) is 110 cm³/mol. The quantitative estimate of drug-likeness (QED) is 0.565. The first-order valence-electron chi connectivity index (χ1n) is 10.5. The number of carbonyl (C=O) groups excluding carboxylic acids is 4. The summed E-state index contributed by atoms with van der Waals surface area (Å²) in [6, 6.07) is 4.55. The summed E-state index contributed by atoms with van der Waals surface area (Å²) in [4.78, 5) is 52.9. The topological polar surface area (TPSA) is 131 Å². The summed E-state index contributed by atoms with van der Waals surface area (Å²) in [5.41, 5.74) is 4.89. The third-order valence-electron chi connectivity index (χ3n) is 6.90. The normalized spacial score (nSPS) is 33.8. The molecule has 0 aliphatic carbocycles. The van der Waals surface area contributed by atoms with Crippen molar-refractivity contribution in [2.75, 3.05) is 18.5 Å². The number of imide groups is 1. The molecule has 0 bridgehead atoms. The highest BCUT2D eigenvalue weighted by Crippen LogP contribution is 2.54. The van der Waals surface area contributed by atoms with E-state index in [0.29, 0.717) is 22.9 Å². The van der Waals surface area contributed by atoms with Crippen molar-refractivity contribution in [2.24, 2.45) is 17.6 Å². The summed E-state index contributed by atoms with van der Waals surface area (Å²) in [5.74, 6) is -3.38. The van der Waals surface area contributed by atoms with E-state index < -0.39 is 41.1 Å². The molecule has 164 valence electrons. The van der Waals surface area contributed by atoms with Crippen LogP contribution < -0.4 is 16.4 Å². The maximum atomic E-state index is 13.6. The number of nitrogens with one attached hydrogen (secondary N) is 2. The number of fused-ring (bicyclic) bond motifs is 4. The van der Waals surface area contributed by atoms with E-state index in [9.17, 15) is 19.2 Å². The average Bonchev–Trinajstić information content (AvgIpc) is 3.47. The zero-order valence-corrected chi connectivity index (χ0v) is 17.5. The number of ether oxygens (including phenoxy) is 1. The standard InChI is InChI=1S/C21H23ClN4O5/c22-12-5-1-4-11-17(12)24-20(30)21(11)16-15(13(25-21)6-7-14(23)27)18(28)26(19(16)29)9-10-3-2-8-31-10/h1,4-5,10,13,15-16,25H,2-3,6-9H2,(H2,23,27)(H,24,30)/t10-,13-,15+,16-,21+/m0/s1. The van der Waals surface area contributed by atoms with Crippen LogP contribution in [0.15, 0.2) is 18.2 Å². The third kappa shape index (κ3) is 2.90. The van der Waals surface area contributed by atoms with Crippen molar-refractivity contribution in [3.63, 3.8) is 0 Å². The van der Waals surface area contributed by atoms with Gasteiger partial charge < -0.3 is 15.8 Å². The van der Waals surface area contributed by atoms with Crippen LogP contribution in [0, 0.1) is 11.8 Å². The molecule has 0 radical (unpaired) electrons. The van der Waals surface area contributed by atoms with Crippen LogP contribution in [0.1, 0.15) is 31.2 Å². The van der Waals surface area contributed by atoms with Gasteiger partial charge in [-0.05, 0) is 25.3 Å². The molecule has 0 aromatic heterocycles. The maximum Gasteiger partial charge on any atom is 0.250 e. The summed E-state index contributed by atoms with van der Waals surface area (Å²) in [6.45, 7) is 0.780. The van der Waals surface area contributed by atoms with Crippen LogP contribution in [0.5, 0.6) is 0 Å². The molecule has 3 saturated heterocycles. The number of nitrogens with zero attached hydrogens (tertiary/aromatic N) is 1. The highest BCUT2D eigenvalue weighted by Gasteiger charge is 2.70. The van der Waals surface area contributed by atoms with E-state index >= 15 is 0 Å². The van der Waals surface area contributed by atoms with Crippen molar-refractivity contribution in [3.8, 4) is 0 Å². The number of rotatable bonds is 5. The number of halogens is 1. The van der Waals surface area contributed by atoms with Gasteiger partial charge in [0.15, 0.2) is 0 Å². The summed E-state index contributed by atoms with van der Waals surface area (Å²) in [7, 11) is 0. The third-order valence-corrected chi connectivity index (χ3v) is 7.22. The zero-order chi connectivity index (χ0) is 21.9. The van der Waals surface area contributed by atoms with Gasteiger partial charge in [-0.3, -0.25) is 29.4 Å². The predicted octanol–water partition coefficient (Wildman–Crippen LogP) is 0.505.